The molecule has 0 aliphatic carbocycles. The van der Waals surface area contributed by atoms with E-state index in [0.717, 1.165) is 0 Å². The molecular weight excluding hydrogens is 222 g/mol. The number of aromatic amines is 1. The van der Waals surface area contributed by atoms with Crippen LogP contribution in [-0.2, 0) is 5.41 Å². The summed E-state index contributed by atoms with van der Waals surface area (Å²) in [6.45, 7) is 5.80. The van der Waals surface area contributed by atoms with Crippen molar-refractivity contribution in [3.63, 3.8) is 0 Å². The number of carboxylic acid groups (broad SMARTS) is 1. The molecule has 2 heterocycles. The van der Waals surface area contributed by atoms with E-state index in [2.05, 4.69) is 10.1 Å². The van der Waals surface area contributed by atoms with Gasteiger partial charge in [-0.3, -0.25) is 4.79 Å². The molecule has 0 amide bonds. The predicted octanol–water partition coefficient (Wildman–Crippen LogP) is 1.02. The van der Waals surface area contributed by atoms with Crippen LogP contribution in [0, 0.1) is 0 Å². The van der Waals surface area contributed by atoms with Crippen LogP contribution in [0.2, 0.25) is 0 Å². The fourth-order valence-electron chi connectivity index (χ4n) is 1.64. The minimum Gasteiger partial charge on any atom is -0.476 e. The number of nitrogens with zero attached hydrogens (tertiary/aromatic N) is 2. The number of hydrogen-bond donors (Lipinski definition) is 2. The maximum Gasteiger partial charge on any atom is 0.356 e. The van der Waals surface area contributed by atoms with Crippen molar-refractivity contribution >= 4 is 11.6 Å². The Morgan fingerprint density at radius 3 is 2.59 bits per heavy atom. The van der Waals surface area contributed by atoms with Crippen molar-refractivity contribution in [1.29, 1.82) is 0 Å². The quantitative estimate of drug-likeness (QED) is 0.772. The maximum absolute atomic E-state index is 11.5. The molecule has 0 saturated heterocycles. The molecule has 2 rings (SSSR count). The van der Waals surface area contributed by atoms with Crippen LogP contribution < -0.4 is 5.56 Å². The molecule has 2 aromatic rings. The maximum atomic E-state index is 11.5. The molecule has 90 valence electrons. The van der Waals surface area contributed by atoms with Gasteiger partial charge in [-0.05, 0) is 0 Å². The lowest BCUT2D eigenvalue weighted by Crippen LogP contribution is -2.22. The standard InChI is InChI=1S/C11H13N3O3/c1-11(2,3)7-5-9(15)12-8-4-6(10(16)17)13-14(7)8/h4-5H,1-3H3,(H,12,15)(H,16,17). The fourth-order valence-corrected chi connectivity index (χ4v) is 1.64. The van der Waals surface area contributed by atoms with Gasteiger partial charge in [-0.25, -0.2) is 9.31 Å². The van der Waals surface area contributed by atoms with Crippen LogP contribution in [0.15, 0.2) is 16.9 Å². The van der Waals surface area contributed by atoms with Crippen LogP contribution >= 0.6 is 0 Å². The van der Waals surface area contributed by atoms with Crippen molar-refractivity contribution in [3.05, 3.63) is 33.9 Å². The summed E-state index contributed by atoms with van der Waals surface area (Å²) in [4.78, 5) is 24.9. The van der Waals surface area contributed by atoms with E-state index < -0.39 is 5.97 Å². The Bertz CT molecular complexity index is 646. The van der Waals surface area contributed by atoms with E-state index in [9.17, 15) is 9.59 Å². The number of aromatic nitrogens is 3. The Balaban J connectivity index is 2.84. The van der Waals surface area contributed by atoms with E-state index in [0.29, 0.717) is 11.3 Å². The molecule has 2 aromatic heterocycles. The number of fused-ring (bicyclic) bond motifs is 1. The number of carboxylic acids is 1. The van der Waals surface area contributed by atoms with Crippen molar-refractivity contribution < 1.29 is 9.90 Å². The summed E-state index contributed by atoms with van der Waals surface area (Å²) in [5, 5.41) is 12.8. The van der Waals surface area contributed by atoms with Gasteiger partial charge in [0.1, 0.15) is 5.65 Å². The molecule has 2 N–H and O–H groups in total. The van der Waals surface area contributed by atoms with Crippen molar-refractivity contribution in [2.24, 2.45) is 0 Å². The second-order valence-corrected chi connectivity index (χ2v) is 4.90. The largest absolute Gasteiger partial charge is 0.476 e. The van der Waals surface area contributed by atoms with E-state index in [1.807, 2.05) is 20.8 Å². The monoisotopic (exact) mass is 235 g/mol. The summed E-state index contributed by atoms with van der Waals surface area (Å²) >= 11 is 0. The van der Waals surface area contributed by atoms with Crippen molar-refractivity contribution in [2.45, 2.75) is 26.2 Å². The topological polar surface area (TPSA) is 87.5 Å². The average Bonchev–Trinajstić information content (AvgIpc) is 2.58. The fraction of sp³-hybridized carbons (Fsp3) is 0.364. The smallest absolute Gasteiger partial charge is 0.356 e. The van der Waals surface area contributed by atoms with E-state index in [-0.39, 0.29) is 16.7 Å². The van der Waals surface area contributed by atoms with Gasteiger partial charge in [-0.2, -0.15) is 5.10 Å². The SMILES string of the molecule is CC(C)(C)c1cc(=O)[nH]c2cc(C(=O)O)nn12. The molecule has 0 bridgehead atoms. The number of aromatic carboxylic acids is 1. The van der Waals surface area contributed by atoms with E-state index in [4.69, 9.17) is 5.11 Å². The van der Waals surface area contributed by atoms with Crippen LogP contribution in [0.1, 0.15) is 37.0 Å². The molecule has 0 radical (unpaired) electrons. The summed E-state index contributed by atoms with van der Waals surface area (Å²) in [7, 11) is 0. The summed E-state index contributed by atoms with van der Waals surface area (Å²) < 4.78 is 1.46. The summed E-state index contributed by atoms with van der Waals surface area (Å²) in [5.41, 5.74) is 0.411. The molecule has 0 aliphatic heterocycles. The minimum atomic E-state index is -1.12. The molecule has 0 atom stereocenters. The molecule has 6 heteroatoms. The highest BCUT2D eigenvalue weighted by atomic mass is 16.4. The average molecular weight is 235 g/mol. The summed E-state index contributed by atoms with van der Waals surface area (Å²) in [6, 6.07) is 2.78. The van der Waals surface area contributed by atoms with Crippen LogP contribution in [0.5, 0.6) is 0 Å². The van der Waals surface area contributed by atoms with Crippen LogP contribution in [0.4, 0.5) is 0 Å². The van der Waals surface area contributed by atoms with Crippen molar-refractivity contribution in [1.82, 2.24) is 14.6 Å². The van der Waals surface area contributed by atoms with Crippen LogP contribution in [-0.4, -0.2) is 25.7 Å². The van der Waals surface area contributed by atoms with Crippen molar-refractivity contribution in [2.75, 3.05) is 0 Å². The van der Waals surface area contributed by atoms with E-state index in [1.54, 1.807) is 0 Å². The molecule has 0 spiro atoms. The molecule has 6 nitrogen and oxygen atoms in total. The molecule has 0 aliphatic rings. The van der Waals surface area contributed by atoms with Gasteiger partial charge in [0.05, 0.1) is 5.69 Å². The first-order valence-electron chi connectivity index (χ1n) is 5.16. The van der Waals surface area contributed by atoms with Gasteiger partial charge in [0.25, 0.3) is 5.56 Å². The van der Waals surface area contributed by atoms with Gasteiger partial charge >= 0.3 is 5.97 Å². The first-order valence-corrected chi connectivity index (χ1v) is 5.16. The molecular formula is C11H13N3O3. The summed E-state index contributed by atoms with van der Waals surface area (Å²) in [5.74, 6) is -1.12. The zero-order valence-corrected chi connectivity index (χ0v) is 9.81. The number of H-pyrrole nitrogens is 1. The Morgan fingerprint density at radius 2 is 2.06 bits per heavy atom. The third kappa shape index (κ3) is 1.93. The Labute approximate surface area is 96.9 Å². The van der Waals surface area contributed by atoms with E-state index in [1.165, 1.54) is 16.6 Å². The Hall–Kier alpha value is -2.11. The highest BCUT2D eigenvalue weighted by Crippen LogP contribution is 2.21. The molecule has 17 heavy (non-hydrogen) atoms. The molecule has 0 saturated carbocycles. The number of rotatable bonds is 1. The zero-order chi connectivity index (χ0) is 12.8. The Kier molecular flexibility index (Phi) is 2.30. The predicted molar refractivity (Wildman–Crippen MR) is 61.5 cm³/mol. The van der Waals surface area contributed by atoms with Crippen LogP contribution in [0.25, 0.3) is 5.65 Å². The van der Waals surface area contributed by atoms with Crippen molar-refractivity contribution in [3.8, 4) is 0 Å². The second-order valence-electron chi connectivity index (χ2n) is 4.90. The lowest BCUT2D eigenvalue weighted by Gasteiger charge is -2.19. The first kappa shape index (κ1) is 11.4. The summed E-state index contributed by atoms with van der Waals surface area (Å²) in [6.07, 6.45) is 0. The third-order valence-corrected chi connectivity index (χ3v) is 2.44. The van der Waals surface area contributed by atoms with Crippen LogP contribution in [0.3, 0.4) is 0 Å². The van der Waals surface area contributed by atoms with Gasteiger partial charge < -0.3 is 10.1 Å². The van der Waals surface area contributed by atoms with Gasteiger partial charge in [0.15, 0.2) is 5.69 Å². The molecule has 0 unspecified atom stereocenters. The van der Waals surface area contributed by atoms with Gasteiger partial charge in [0, 0.05) is 17.5 Å². The second kappa shape index (κ2) is 3.44. The van der Waals surface area contributed by atoms with Gasteiger partial charge in [0.2, 0.25) is 0 Å². The third-order valence-electron chi connectivity index (χ3n) is 2.44. The number of hydrogen-bond acceptors (Lipinski definition) is 3. The Morgan fingerprint density at radius 1 is 1.41 bits per heavy atom. The lowest BCUT2D eigenvalue weighted by atomic mass is 9.92. The van der Waals surface area contributed by atoms with Gasteiger partial charge in [-0.1, -0.05) is 20.8 Å². The normalized spacial score (nSPS) is 11.9. The minimum absolute atomic E-state index is 0.0858. The number of nitrogens with one attached hydrogen (secondary N) is 1. The number of carbonyl (C=O) groups is 1. The highest BCUT2D eigenvalue weighted by molar-refractivity contribution is 5.86. The van der Waals surface area contributed by atoms with E-state index >= 15 is 0 Å². The molecule has 0 aromatic carbocycles. The first-order chi connectivity index (χ1) is 7.79. The lowest BCUT2D eigenvalue weighted by molar-refractivity contribution is 0.0690. The zero-order valence-electron chi connectivity index (χ0n) is 9.81. The highest BCUT2D eigenvalue weighted by Gasteiger charge is 2.21. The molecule has 0 fully saturated rings. The van der Waals surface area contributed by atoms with Gasteiger partial charge in [-0.15, -0.1) is 0 Å².